The van der Waals surface area contributed by atoms with Crippen molar-refractivity contribution < 1.29 is 10.2 Å². The van der Waals surface area contributed by atoms with E-state index in [1.165, 1.54) is 51.4 Å². The van der Waals surface area contributed by atoms with Gasteiger partial charge in [-0.05, 0) is 73.0 Å². The average molecular weight is 292 g/mol. The quantitative estimate of drug-likeness (QED) is 0.714. The van der Waals surface area contributed by atoms with Crippen LogP contribution >= 0.6 is 0 Å². The van der Waals surface area contributed by atoms with Crippen molar-refractivity contribution in [1.29, 1.82) is 0 Å². The summed E-state index contributed by atoms with van der Waals surface area (Å²) in [6.07, 6.45) is 10.6. The van der Waals surface area contributed by atoms with Crippen molar-refractivity contribution in [3.63, 3.8) is 0 Å². The Kier molecular flexibility index (Phi) is 3.25. The van der Waals surface area contributed by atoms with Gasteiger partial charge in [-0.15, -0.1) is 0 Å². The molecule has 4 fully saturated rings. The lowest BCUT2D eigenvalue weighted by molar-refractivity contribution is -0.211. The van der Waals surface area contributed by atoms with Gasteiger partial charge in [-0.25, -0.2) is 0 Å². The van der Waals surface area contributed by atoms with Crippen molar-refractivity contribution in [2.24, 2.45) is 34.5 Å². The van der Waals surface area contributed by atoms with Crippen LogP contribution in [0, 0.1) is 34.5 Å². The van der Waals surface area contributed by atoms with Crippen molar-refractivity contribution in [2.45, 2.75) is 83.8 Å². The Labute approximate surface area is 129 Å². The van der Waals surface area contributed by atoms with Gasteiger partial charge in [0.1, 0.15) is 0 Å². The van der Waals surface area contributed by atoms with Crippen LogP contribution in [-0.2, 0) is 0 Å². The minimum atomic E-state index is -0.473. The van der Waals surface area contributed by atoms with Gasteiger partial charge in [-0.3, -0.25) is 0 Å². The van der Waals surface area contributed by atoms with Crippen LogP contribution in [0.4, 0.5) is 0 Å². The van der Waals surface area contributed by atoms with Crippen LogP contribution in [0.2, 0.25) is 0 Å². The maximum Gasteiger partial charge on any atom is 0.0835 e. The molecule has 0 radical (unpaired) electrons. The summed E-state index contributed by atoms with van der Waals surface area (Å²) < 4.78 is 0. The highest BCUT2D eigenvalue weighted by atomic mass is 16.3. The maximum atomic E-state index is 10.9. The zero-order chi connectivity index (χ0) is 14.8. The lowest BCUT2D eigenvalue weighted by atomic mass is 9.44. The molecular formula is C19H32O2. The second kappa shape index (κ2) is 4.71. The molecule has 0 saturated heterocycles. The van der Waals surface area contributed by atoms with Crippen molar-refractivity contribution in [3.8, 4) is 0 Å². The second-order valence-corrected chi connectivity index (χ2v) is 9.21. The molecule has 0 spiro atoms. The Bertz CT molecular complexity index is 422. The van der Waals surface area contributed by atoms with Crippen LogP contribution in [0.15, 0.2) is 0 Å². The lowest BCUT2D eigenvalue weighted by Crippen LogP contribution is -2.62. The number of hydrogen-bond donors (Lipinski definition) is 2. The summed E-state index contributed by atoms with van der Waals surface area (Å²) in [4.78, 5) is 0. The van der Waals surface area contributed by atoms with E-state index in [4.69, 9.17) is 0 Å². The van der Waals surface area contributed by atoms with Crippen molar-refractivity contribution in [3.05, 3.63) is 0 Å². The predicted octanol–water partition coefficient (Wildman–Crippen LogP) is 3.75. The number of aliphatic hydroxyl groups is 2. The lowest BCUT2D eigenvalue weighted by Gasteiger charge is -2.62. The van der Waals surface area contributed by atoms with Gasteiger partial charge in [0.2, 0.25) is 0 Å². The number of hydrogen-bond acceptors (Lipinski definition) is 2. The fourth-order valence-electron chi connectivity index (χ4n) is 7.30. The fourth-order valence-corrected chi connectivity index (χ4v) is 7.30. The molecule has 0 aliphatic heterocycles. The number of aliphatic hydroxyl groups excluding tert-OH is 2. The zero-order valence-corrected chi connectivity index (χ0v) is 13.7. The molecule has 0 aromatic heterocycles. The van der Waals surface area contributed by atoms with E-state index >= 15 is 0 Å². The molecule has 0 aromatic carbocycles. The van der Waals surface area contributed by atoms with Crippen molar-refractivity contribution in [1.82, 2.24) is 0 Å². The molecular weight excluding hydrogens is 260 g/mol. The molecule has 8 atom stereocenters. The molecule has 6 unspecified atom stereocenters. The highest BCUT2D eigenvalue weighted by Crippen LogP contribution is 2.66. The summed E-state index contributed by atoms with van der Waals surface area (Å²) in [5.74, 6) is 2.01. The van der Waals surface area contributed by atoms with Crippen molar-refractivity contribution >= 4 is 0 Å². The first-order valence-electron chi connectivity index (χ1n) is 9.33. The van der Waals surface area contributed by atoms with Gasteiger partial charge in [0.25, 0.3) is 0 Å². The maximum absolute atomic E-state index is 10.9. The Balaban J connectivity index is 1.73. The molecule has 4 rings (SSSR count). The van der Waals surface area contributed by atoms with Gasteiger partial charge >= 0.3 is 0 Å². The summed E-state index contributed by atoms with van der Waals surface area (Å²) in [6.45, 7) is 4.90. The van der Waals surface area contributed by atoms with Gasteiger partial charge < -0.3 is 10.2 Å². The van der Waals surface area contributed by atoms with Crippen molar-refractivity contribution in [2.75, 3.05) is 0 Å². The van der Waals surface area contributed by atoms with E-state index < -0.39 is 12.2 Å². The molecule has 2 heteroatoms. The molecule has 0 heterocycles. The second-order valence-electron chi connectivity index (χ2n) is 9.21. The molecule has 2 nitrogen and oxygen atoms in total. The van der Waals surface area contributed by atoms with Crippen LogP contribution in [0.3, 0.4) is 0 Å². The predicted molar refractivity (Wildman–Crippen MR) is 83.7 cm³/mol. The molecule has 4 aliphatic rings. The monoisotopic (exact) mass is 292 g/mol. The van der Waals surface area contributed by atoms with E-state index in [1.807, 2.05) is 0 Å². The van der Waals surface area contributed by atoms with E-state index in [1.54, 1.807) is 0 Å². The van der Waals surface area contributed by atoms with E-state index in [2.05, 4.69) is 13.8 Å². The molecule has 4 aliphatic carbocycles. The van der Waals surface area contributed by atoms with Gasteiger partial charge in [-0.2, -0.15) is 0 Å². The van der Waals surface area contributed by atoms with Gasteiger partial charge in [0, 0.05) is 0 Å². The molecule has 2 N–H and O–H groups in total. The minimum absolute atomic E-state index is 0.283. The number of rotatable bonds is 0. The Morgan fingerprint density at radius 3 is 2.29 bits per heavy atom. The standard InChI is InChI=1S/C19H32O2/c1-18-9-5-7-12(18)15-13(8-11-18)19(2)10-4-3-6-14(19)16(20)17(15)21/h12-17,20-21H,3-11H2,1-2H3/t12?,13?,14?,15?,16?,17?,18-,19+/m0/s1. The number of fused-ring (bicyclic) bond motifs is 5. The largest absolute Gasteiger partial charge is 0.390 e. The van der Waals surface area contributed by atoms with Gasteiger partial charge in [0.05, 0.1) is 12.2 Å². The van der Waals surface area contributed by atoms with Gasteiger partial charge in [-0.1, -0.05) is 33.1 Å². The first-order valence-corrected chi connectivity index (χ1v) is 9.33. The van der Waals surface area contributed by atoms with E-state index in [-0.39, 0.29) is 5.41 Å². The van der Waals surface area contributed by atoms with Crippen LogP contribution in [-0.4, -0.2) is 22.4 Å². The van der Waals surface area contributed by atoms with E-state index in [0.29, 0.717) is 29.1 Å². The van der Waals surface area contributed by atoms with Crippen LogP contribution in [0.1, 0.15) is 71.6 Å². The van der Waals surface area contributed by atoms with E-state index in [0.717, 1.165) is 6.42 Å². The topological polar surface area (TPSA) is 40.5 Å². The molecule has 4 saturated carbocycles. The molecule has 0 amide bonds. The third-order valence-corrected chi connectivity index (χ3v) is 8.45. The highest BCUT2D eigenvalue weighted by molar-refractivity contribution is 5.11. The molecule has 0 bridgehead atoms. The Hall–Kier alpha value is -0.0800. The highest BCUT2D eigenvalue weighted by Gasteiger charge is 2.62. The minimum Gasteiger partial charge on any atom is -0.390 e. The van der Waals surface area contributed by atoms with E-state index in [9.17, 15) is 10.2 Å². The van der Waals surface area contributed by atoms with Crippen LogP contribution in [0.5, 0.6) is 0 Å². The zero-order valence-electron chi connectivity index (χ0n) is 13.7. The molecule has 21 heavy (non-hydrogen) atoms. The molecule has 120 valence electrons. The summed E-state index contributed by atoms with van der Waals surface area (Å²) in [7, 11) is 0. The van der Waals surface area contributed by atoms with Crippen LogP contribution in [0.25, 0.3) is 0 Å². The normalized spacial score (nSPS) is 60.0. The summed E-state index contributed by atoms with van der Waals surface area (Å²) >= 11 is 0. The summed E-state index contributed by atoms with van der Waals surface area (Å²) in [5.41, 5.74) is 0.727. The summed E-state index contributed by atoms with van der Waals surface area (Å²) in [5, 5.41) is 21.8. The molecule has 0 aromatic rings. The SMILES string of the molecule is C[C@@]12CCCC1C1C(O)C(O)C3CCCC[C@]3(C)C1CC2. The summed E-state index contributed by atoms with van der Waals surface area (Å²) in [6, 6.07) is 0. The smallest absolute Gasteiger partial charge is 0.0835 e. The third kappa shape index (κ3) is 1.84. The first kappa shape index (κ1) is 14.5. The fraction of sp³-hybridized carbons (Fsp3) is 1.00. The average Bonchev–Trinajstić information content (AvgIpc) is 2.86. The Morgan fingerprint density at radius 2 is 1.48 bits per heavy atom. The Morgan fingerprint density at radius 1 is 0.714 bits per heavy atom. The third-order valence-electron chi connectivity index (χ3n) is 8.45. The van der Waals surface area contributed by atoms with Gasteiger partial charge in [0.15, 0.2) is 0 Å². The first-order chi connectivity index (χ1) is 9.97. The van der Waals surface area contributed by atoms with Crippen LogP contribution < -0.4 is 0 Å².